The van der Waals surface area contributed by atoms with Gasteiger partial charge in [0.25, 0.3) is 0 Å². The van der Waals surface area contributed by atoms with Gasteiger partial charge in [-0.05, 0) is 64.7 Å². The summed E-state index contributed by atoms with van der Waals surface area (Å²) in [4.78, 5) is 0. The second kappa shape index (κ2) is 20.2. The number of aryl methyl sites for hydroxylation is 7. The summed E-state index contributed by atoms with van der Waals surface area (Å²) in [5.41, 5.74) is 9.48. The summed E-state index contributed by atoms with van der Waals surface area (Å²) in [6.07, 6.45) is 1.14. The summed E-state index contributed by atoms with van der Waals surface area (Å²) in [5, 5.41) is 0. The fourth-order valence-electron chi connectivity index (χ4n) is 3.21. The molecule has 5 rings (SSSR count). The van der Waals surface area contributed by atoms with Crippen LogP contribution in [0.5, 0.6) is 0 Å². The standard InChI is InChI=1S/4C8H10.C6H6/c1-7-3-5-8(2)6-4-7;1-7-4-3-5-8(2)6-7;1-7-5-3-4-6-8(7)2;1-2-8-6-4-3-5-7-8;1-2-4-6-5-3-1/h3*3-6H,1-2H3;3-7H,2H2,1H3;1-6H. The SMILES string of the molecule is CCc1ccccc1.Cc1ccc(C)cc1.Cc1cccc(C)c1.Cc1ccccc1C.c1ccccc1. The highest BCUT2D eigenvalue weighted by atomic mass is 13.9. The number of hydrogen-bond donors (Lipinski definition) is 0. The van der Waals surface area contributed by atoms with E-state index in [1.165, 1.54) is 38.9 Å². The Bertz CT molecular complexity index is 1130. The van der Waals surface area contributed by atoms with Crippen LogP contribution in [0.2, 0.25) is 0 Å². The van der Waals surface area contributed by atoms with Crippen molar-refractivity contribution in [2.24, 2.45) is 0 Å². The van der Waals surface area contributed by atoms with Crippen LogP contribution >= 0.6 is 0 Å². The lowest BCUT2D eigenvalue weighted by atomic mass is 10.1. The van der Waals surface area contributed by atoms with Crippen molar-refractivity contribution in [3.05, 3.63) is 178 Å². The van der Waals surface area contributed by atoms with Crippen LogP contribution < -0.4 is 0 Å². The Morgan fingerprint density at radius 3 is 0.947 bits per heavy atom. The van der Waals surface area contributed by atoms with Crippen molar-refractivity contribution in [2.45, 2.75) is 54.9 Å². The third kappa shape index (κ3) is 16.7. The van der Waals surface area contributed by atoms with Gasteiger partial charge < -0.3 is 0 Å². The summed E-state index contributed by atoms with van der Waals surface area (Å²) >= 11 is 0. The van der Waals surface area contributed by atoms with Crippen molar-refractivity contribution in [3.8, 4) is 0 Å². The highest BCUT2D eigenvalue weighted by molar-refractivity contribution is 5.23. The van der Waals surface area contributed by atoms with E-state index in [9.17, 15) is 0 Å². The van der Waals surface area contributed by atoms with Crippen LogP contribution in [0, 0.1) is 41.5 Å². The van der Waals surface area contributed by atoms with Crippen LogP contribution in [-0.2, 0) is 6.42 Å². The van der Waals surface area contributed by atoms with E-state index in [-0.39, 0.29) is 0 Å². The molecule has 0 N–H and O–H groups in total. The van der Waals surface area contributed by atoms with Gasteiger partial charge in [-0.25, -0.2) is 0 Å². The van der Waals surface area contributed by atoms with Crippen LogP contribution in [-0.4, -0.2) is 0 Å². The first-order chi connectivity index (χ1) is 18.3. The zero-order valence-electron chi connectivity index (χ0n) is 24.5. The lowest BCUT2D eigenvalue weighted by molar-refractivity contribution is 1.14. The molecule has 0 saturated heterocycles. The minimum atomic E-state index is 1.14. The van der Waals surface area contributed by atoms with Crippen molar-refractivity contribution in [2.75, 3.05) is 0 Å². The third-order valence-electron chi connectivity index (χ3n) is 5.74. The topological polar surface area (TPSA) is 0 Å². The molecule has 0 bridgehead atoms. The molecule has 0 unspecified atom stereocenters. The zero-order valence-corrected chi connectivity index (χ0v) is 24.5. The van der Waals surface area contributed by atoms with Gasteiger partial charge in [-0.3, -0.25) is 0 Å². The maximum Gasteiger partial charge on any atom is -0.0307 e. The molecule has 0 nitrogen and oxygen atoms in total. The van der Waals surface area contributed by atoms with Crippen molar-refractivity contribution >= 4 is 0 Å². The molecule has 0 heterocycles. The molecule has 0 saturated carbocycles. The van der Waals surface area contributed by atoms with Gasteiger partial charge in [-0.15, -0.1) is 0 Å². The van der Waals surface area contributed by atoms with Crippen LogP contribution in [0.1, 0.15) is 45.9 Å². The first-order valence-electron chi connectivity index (χ1n) is 13.4. The quantitative estimate of drug-likeness (QED) is 0.214. The van der Waals surface area contributed by atoms with E-state index in [4.69, 9.17) is 0 Å². The molecule has 198 valence electrons. The van der Waals surface area contributed by atoms with Gasteiger partial charge in [-0.1, -0.05) is 169 Å². The van der Waals surface area contributed by atoms with Crippen molar-refractivity contribution in [3.63, 3.8) is 0 Å². The van der Waals surface area contributed by atoms with E-state index >= 15 is 0 Å². The van der Waals surface area contributed by atoms with Crippen molar-refractivity contribution < 1.29 is 0 Å². The monoisotopic (exact) mass is 502 g/mol. The highest BCUT2D eigenvalue weighted by Gasteiger charge is 1.84. The van der Waals surface area contributed by atoms with E-state index in [1.807, 2.05) is 42.5 Å². The van der Waals surface area contributed by atoms with Crippen molar-refractivity contribution in [1.29, 1.82) is 0 Å². The zero-order chi connectivity index (χ0) is 28.0. The van der Waals surface area contributed by atoms with Crippen LogP contribution in [0.25, 0.3) is 0 Å². The number of rotatable bonds is 1. The summed E-state index contributed by atoms with van der Waals surface area (Å²) < 4.78 is 0. The molecule has 0 aliphatic carbocycles. The summed E-state index contributed by atoms with van der Waals surface area (Å²) in [7, 11) is 0. The van der Waals surface area contributed by atoms with Crippen LogP contribution in [0.3, 0.4) is 0 Å². The van der Waals surface area contributed by atoms with Gasteiger partial charge in [0.05, 0.1) is 0 Å². The fourth-order valence-corrected chi connectivity index (χ4v) is 3.21. The third-order valence-corrected chi connectivity index (χ3v) is 5.74. The Morgan fingerprint density at radius 1 is 0.342 bits per heavy atom. The van der Waals surface area contributed by atoms with E-state index in [0.29, 0.717) is 0 Å². The predicted molar refractivity (Wildman–Crippen MR) is 170 cm³/mol. The van der Waals surface area contributed by atoms with Crippen molar-refractivity contribution in [1.82, 2.24) is 0 Å². The van der Waals surface area contributed by atoms with E-state index in [0.717, 1.165) is 6.42 Å². The second-order valence-corrected chi connectivity index (χ2v) is 9.39. The molecule has 0 amide bonds. The Hall–Kier alpha value is -3.90. The number of hydrogen-bond acceptors (Lipinski definition) is 0. The molecule has 38 heavy (non-hydrogen) atoms. The van der Waals surface area contributed by atoms with E-state index in [1.54, 1.807) is 0 Å². The molecule has 0 spiro atoms. The first-order valence-corrected chi connectivity index (χ1v) is 13.4. The average molecular weight is 503 g/mol. The Kier molecular flexibility index (Phi) is 17.1. The molecular weight excluding hydrogens is 456 g/mol. The predicted octanol–water partition coefficient (Wildman–Crippen LogP) is 10.8. The van der Waals surface area contributed by atoms with E-state index < -0.39 is 0 Å². The van der Waals surface area contributed by atoms with Crippen LogP contribution in [0.4, 0.5) is 0 Å². The number of benzene rings is 5. The molecule has 0 aliphatic heterocycles. The Morgan fingerprint density at radius 2 is 0.684 bits per heavy atom. The maximum absolute atomic E-state index is 2.17. The molecule has 0 aliphatic rings. The molecule has 5 aromatic rings. The minimum absolute atomic E-state index is 1.14. The second-order valence-electron chi connectivity index (χ2n) is 9.39. The molecular formula is C38H46. The van der Waals surface area contributed by atoms with E-state index in [2.05, 4.69) is 146 Å². The smallest absolute Gasteiger partial charge is 0.0307 e. The van der Waals surface area contributed by atoms with Gasteiger partial charge in [0.15, 0.2) is 0 Å². The van der Waals surface area contributed by atoms with Crippen LogP contribution in [0.15, 0.2) is 140 Å². The normalized spacial score (nSPS) is 9.03. The fraction of sp³-hybridized carbons (Fsp3) is 0.211. The summed E-state index contributed by atoms with van der Waals surface area (Å²) in [6.45, 7) is 14.8. The van der Waals surface area contributed by atoms with Gasteiger partial charge in [0.2, 0.25) is 0 Å². The molecule has 0 aromatic heterocycles. The minimum Gasteiger partial charge on any atom is -0.0623 e. The van der Waals surface area contributed by atoms with Gasteiger partial charge in [-0.2, -0.15) is 0 Å². The molecule has 0 heteroatoms. The highest BCUT2D eigenvalue weighted by Crippen LogP contribution is 2.03. The molecule has 0 fully saturated rings. The van der Waals surface area contributed by atoms with Gasteiger partial charge >= 0.3 is 0 Å². The maximum atomic E-state index is 2.17. The Labute approximate surface area is 233 Å². The molecule has 5 aromatic carbocycles. The van der Waals surface area contributed by atoms with Gasteiger partial charge in [0, 0.05) is 0 Å². The first kappa shape index (κ1) is 32.1. The molecule has 0 radical (unpaired) electrons. The lowest BCUT2D eigenvalue weighted by Gasteiger charge is -1.93. The largest absolute Gasteiger partial charge is 0.0623 e. The lowest BCUT2D eigenvalue weighted by Crippen LogP contribution is -1.74. The summed E-state index contributed by atoms with van der Waals surface area (Å²) in [6, 6.07) is 47.7. The summed E-state index contributed by atoms with van der Waals surface area (Å²) in [5.74, 6) is 0. The van der Waals surface area contributed by atoms with Gasteiger partial charge in [0.1, 0.15) is 0 Å². The molecule has 0 atom stereocenters. The Balaban J connectivity index is 0.000000238. The average Bonchev–Trinajstić information content (AvgIpc) is 2.95.